The highest BCUT2D eigenvalue weighted by atomic mass is 35.5. The van der Waals surface area contributed by atoms with Gasteiger partial charge in [0.05, 0.1) is 19.1 Å². The quantitative estimate of drug-likeness (QED) is 0.769. The van der Waals surface area contributed by atoms with Gasteiger partial charge in [-0.15, -0.1) is 11.6 Å². The molecule has 0 aliphatic carbocycles. The number of carbonyl (C=O) groups excluding carboxylic acids is 1. The van der Waals surface area contributed by atoms with Gasteiger partial charge in [-0.05, 0) is 5.56 Å². The van der Waals surface area contributed by atoms with Crippen molar-refractivity contribution in [3.8, 4) is 0 Å². The molecular formula is C12H16ClNO2. The molecule has 88 valence electrons. The highest BCUT2D eigenvalue weighted by Crippen LogP contribution is 2.00. The molecule has 1 aromatic rings. The monoisotopic (exact) mass is 241 g/mol. The number of carbonyl (C=O) groups is 1. The van der Waals surface area contributed by atoms with Crippen LogP contribution in [0.4, 0.5) is 0 Å². The summed E-state index contributed by atoms with van der Waals surface area (Å²) in [7, 11) is 1.59. The summed E-state index contributed by atoms with van der Waals surface area (Å²) in [6.45, 7) is 0.435. The maximum absolute atomic E-state index is 11.6. The van der Waals surface area contributed by atoms with Gasteiger partial charge in [0, 0.05) is 13.0 Å². The van der Waals surface area contributed by atoms with Gasteiger partial charge < -0.3 is 10.1 Å². The van der Waals surface area contributed by atoms with Gasteiger partial charge in [-0.1, -0.05) is 30.3 Å². The molecule has 1 amide bonds. The molecule has 1 atom stereocenters. The zero-order valence-electron chi connectivity index (χ0n) is 9.28. The van der Waals surface area contributed by atoms with Crippen molar-refractivity contribution in [3.63, 3.8) is 0 Å². The lowest BCUT2D eigenvalue weighted by atomic mass is 10.1. The minimum Gasteiger partial charge on any atom is -0.383 e. The molecule has 0 spiro atoms. The van der Waals surface area contributed by atoms with Crippen LogP contribution in [0.2, 0.25) is 0 Å². The maximum Gasteiger partial charge on any atom is 0.224 e. The molecule has 0 bridgehead atoms. The van der Waals surface area contributed by atoms with E-state index in [0.29, 0.717) is 18.9 Å². The Labute approximate surface area is 101 Å². The summed E-state index contributed by atoms with van der Waals surface area (Å²) >= 11 is 5.70. The van der Waals surface area contributed by atoms with E-state index in [1.807, 2.05) is 30.3 Å². The van der Waals surface area contributed by atoms with Gasteiger partial charge in [-0.3, -0.25) is 4.79 Å². The lowest BCUT2D eigenvalue weighted by molar-refractivity contribution is -0.121. The summed E-state index contributed by atoms with van der Waals surface area (Å²) in [5.74, 6) is 0.322. The fourth-order valence-corrected chi connectivity index (χ4v) is 1.55. The molecule has 0 heterocycles. The molecule has 0 radical (unpaired) electrons. The zero-order chi connectivity index (χ0) is 11.8. The van der Waals surface area contributed by atoms with Crippen molar-refractivity contribution in [2.75, 3.05) is 19.6 Å². The second kappa shape index (κ2) is 7.25. The number of ether oxygens (including phenoxy) is 1. The third-order valence-corrected chi connectivity index (χ3v) is 2.50. The van der Waals surface area contributed by atoms with Crippen molar-refractivity contribution in [1.82, 2.24) is 5.32 Å². The topological polar surface area (TPSA) is 38.3 Å². The van der Waals surface area contributed by atoms with Gasteiger partial charge >= 0.3 is 0 Å². The average molecular weight is 242 g/mol. The van der Waals surface area contributed by atoms with Crippen LogP contribution in [0.3, 0.4) is 0 Å². The predicted octanol–water partition coefficient (Wildman–Crippen LogP) is 1.60. The zero-order valence-corrected chi connectivity index (χ0v) is 10.0. The van der Waals surface area contributed by atoms with Gasteiger partial charge in [-0.25, -0.2) is 0 Å². The number of rotatable bonds is 6. The third-order valence-electron chi connectivity index (χ3n) is 2.13. The van der Waals surface area contributed by atoms with Gasteiger partial charge in [0.25, 0.3) is 0 Å². The average Bonchev–Trinajstić information content (AvgIpc) is 2.29. The first-order valence-corrected chi connectivity index (χ1v) is 5.68. The van der Waals surface area contributed by atoms with E-state index < -0.39 is 0 Å². The molecule has 0 fully saturated rings. The molecule has 0 aliphatic rings. The highest BCUT2D eigenvalue weighted by Gasteiger charge is 2.10. The Morgan fingerprint density at radius 2 is 2.12 bits per heavy atom. The number of hydrogen-bond acceptors (Lipinski definition) is 2. The number of amides is 1. The Kier molecular flexibility index (Phi) is 5.90. The van der Waals surface area contributed by atoms with Crippen LogP contribution in [0.15, 0.2) is 30.3 Å². The van der Waals surface area contributed by atoms with E-state index in [1.165, 1.54) is 0 Å². The summed E-state index contributed by atoms with van der Waals surface area (Å²) in [4.78, 5) is 11.6. The first-order chi connectivity index (χ1) is 7.76. The van der Waals surface area contributed by atoms with Crippen LogP contribution in [0.25, 0.3) is 0 Å². The van der Waals surface area contributed by atoms with E-state index in [4.69, 9.17) is 16.3 Å². The third kappa shape index (κ3) is 4.64. The van der Waals surface area contributed by atoms with E-state index in [2.05, 4.69) is 5.32 Å². The minimum atomic E-state index is -0.122. The van der Waals surface area contributed by atoms with E-state index in [1.54, 1.807) is 7.11 Å². The number of methoxy groups -OCH3 is 1. The van der Waals surface area contributed by atoms with Crippen molar-refractivity contribution in [3.05, 3.63) is 35.9 Å². The van der Waals surface area contributed by atoms with E-state index >= 15 is 0 Å². The van der Waals surface area contributed by atoms with Crippen LogP contribution in [0, 0.1) is 0 Å². The van der Waals surface area contributed by atoms with Crippen molar-refractivity contribution < 1.29 is 9.53 Å². The summed E-state index contributed by atoms with van der Waals surface area (Å²) in [6, 6.07) is 9.47. The molecule has 1 unspecified atom stereocenters. The second-order valence-electron chi connectivity index (χ2n) is 3.54. The van der Waals surface area contributed by atoms with Crippen molar-refractivity contribution >= 4 is 17.5 Å². The van der Waals surface area contributed by atoms with Gasteiger partial charge in [0.2, 0.25) is 5.91 Å². The van der Waals surface area contributed by atoms with E-state index in [-0.39, 0.29) is 11.9 Å². The number of nitrogens with one attached hydrogen (secondary N) is 1. The van der Waals surface area contributed by atoms with E-state index in [9.17, 15) is 4.79 Å². The number of hydrogen-bond donors (Lipinski definition) is 1. The predicted molar refractivity (Wildman–Crippen MR) is 64.7 cm³/mol. The van der Waals surface area contributed by atoms with Crippen molar-refractivity contribution in [2.45, 2.75) is 12.5 Å². The first-order valence-electron chi connectivity index (χ1n) is 5.14. The molecule has 1 N–H and O–H groups in total. The Morgan fingerprint density at radius 3 is 2.69 bits per heavy atom. The number of halogens is 1. The Hall–Kier alpha value is -1.06. The van der Waals surface area contributed by atoms with Crippen LogP contribution >= 0.6 is 11.6 Å². The molecule has 0 aromatic heterocycles. The summed E-state index contributed by atoms with van der Waals surface area (Å²) < 4.78 is 4.95. The molecule has 16 heavy (non-hydrogen) atoms. The summed E-state index contributed by atoms with van der Waals surface area (Å²) in [6.07, 6.45) is 0.373. The highest BCUT2D eigenvalue weighted by molar-refractivity contribution is 6.18. The Bertz CT molecular complexity index is 316. The van der Waals surface area contributed by atoms with Crippen LogP contribution in [-0.4, -0.2) is 31.5 Å². The van der Waals surface area contributed by atoms with Crippen LogP contribution < -0.4 is 5.32 Å². The van der Waals surface area contributed by atoms with Crippen LogP contribution in [0.5, 0.6) is 0 Å². The van der Waals surface area contributed by atoms with Gasteiger partial charge in [-0.2, -0.15) is 0 Å². The number of alkyl halides is 1. The second-order valence-corrected chi connectivity index (χ2v) is 3.85. The van der Waals surface area contributed by atoms with Crippen molar-refractivity contribution in [2.24, 2.45) is 0 Å². The van der Waals surface area contributed by atoms with Crippen LogP contribution in [0.1, 0.15) is 5.56 Å². The molecular weight excluding hydrogens is 226 g/mol. The molecule has 3 nitrogen and oxygen atoms in total. The van der Waals surface area contributed by atoms with Crippen LogP contribution in [-0.2, 0) is 16.0 Å². The molecule has 4 heteroatoms. The normalized spacial score (nSPS) is 12.1. The summed E-state index contributed by atoms with van der Waals surface area (Å²) in [5.41, 5.74) is 0.991. The molecule has 0 saturated carbocycles. The summed E-state index contributed by atoms with van der Waals surface area (Å²) in [5, 5.41) is 2.82. The number of benzene rings is 1. The lowest BCUT2D eigenvalue weighted by Crippen LogP contribution is -2.40. The maximum atomic E-state index is 11.6. The largest absolute Gasteiger partial charge is 0.383 e. The standard InChI is InChI=1S/C12H16ClNO2/c1-16-9-11(8-13)14-12(15)7-10-5-3-2-4-6-10/h2-6,11H,7-9H2,1H3,(H,14,15). The Balaban J connectivity index is 2.41. The fourth-order valence-electron chi connectivity index (χ4n) is 1.39. The Morgan fingerprint density at radius 1 is 1.44 bits per heavy atom. The lowest BCUT2D eigenvalue weighted by Gasteiger charge is -2.14. The van der Waals surface area contributed by atoms with Gasteiger partial charge in [0.15, 0.2) is 0 Å². The smallest absolute Gasteiger partial charge is 0.224 e. The SMILES string of the molecule is COCC(CCl)NC(=O)Cc1ccccc1. The molecule has 0 aliphatic heterocycles. The first kappa shape index (κ1) is 13.0. The van der Waals surface area contributed by atoms with Gasteiger partial charge in [0.1, 0.15) is 0 Å². The molecule has 0 saturated heterocycles. The fraction of sp³-hybridized carbons (Fsp3) is 0.417. The van der Waals surface area contributed by atoms with E-state index in [0.717, 1.165) is 5.56 Å². The molecule has 1 aromatic carbocycles. The van der Waals surface area contributed by atoms with Crippen molar-refractivity contribution in [1.29, 1.82) is 0 Å². The minimum absolute atomic E-state index is 0.0334. The molecule has 1 rings (SSSR count).